The average Bonchev–Trinajstić information content (AvgIpc) is 3.66. The van der Waals surface area contributed by atoms with E-state index in [1.165, 1.54) is 11.3 Å². The highest BCUT2D eigenvalue weighted by atomic mass is 32.1. The van der Waals surface area contributed by atoms with Crippen molar-refractivity contribution in [1.29, 1.82) is 0 Å². The lowest BCUT2D eigenvalue weighted by Crippen LogP contribution is -2.38. The van der Waals surface area contributed by atoms with Gasteiger partial charge in [0.2, 0.25) is 22.8 Å². The fourth-order valence-electron chi connectivity index (χ4n) is 5.03. The van der Waals surface area contributed by atoms with Crippen LogP contribution < -0.4 is 10.1 Å². The van der Waals surface area contributed by atoms with Crippen LogP contribution in [-0.2, 0) is 4.79 Å². The quantitative estimate of drug-likeness (QED) is 0.347. The number of ether oxygens (including phenoxy) is 1. The normalized spacial score (nSPS) is 16.1. The van der Waals surface area contributed by atoms with Gasteiger partial charge in [-0.05, 0) is 44.0 Å². The lowest BCUT2D eigenvalue weighted by atomic mass is 9.70. The van der Waals surface area contributed by atoms with E-state index in [4.69, 9.17) is 9.72 Å². The van der Waals surface area contributed by atoms with Gasteiger partial charge in [0.05, 0.1) is 11.1 Å². The molecule has 1 aliphatic heterocycles. The summed E-state index contributed by atoms with van der Waals surface area (Å²) in [6, 6.07) is 15.6. The minimum Gasteiger partial charge on any atom is -0.420 e. The molecule has 1 aromatic carbocycles. The molecule has 2 aliphatic rings. The Morgan fingerprint density at radius 3 is 2.36 bits per heavy atom. The number of carbonyl (C=O) groups excluding carboxylic acids is 2. The van der Waals surface area contributed by atoms with E-state index in [9.17, 15) is 9.59 Å². The molecule has 2 amide bonds. The minimum absolute atomic E-state index is 0.0284. The predicted molar refractivity (Wildman–Crippen MR) is 148 cm³/mol. The van der Waals surface area contributed by atoms with Gasteiger partial charge in [-0.3, -0.25) is 9.59 Å². The largest absolute Gasteiger partial charge is 0.420 e. The molecule has 1 fully saturated rings. The van der Waals surface area contributed by atoms with Crippen LogP contribution in [0.2, 0.25) is 0 Å². The first-order valence-corrected chi connectivity index (χ1v) is 13.7. The van der Waals surface area contributed by atoms with Crippen LogP contribution in [0.15, 0.2) is 54.0 Å². The first kappa shape index (κ1) is 25.1. The molecule has 3 aromatic heterocycles. The number of rotatable bonds is 6. The first-order valence-electron chi connectivity index (χ1n) is 12.8. The number of nitrogens with zero attached hydrogens (tertiary/aromatic N) is 5. The highest BCUT2D eigenvalue weighted by Crippen LogP contribution is 2.51. The number of nitrogens with one attached hydrogen (secondary N) is 1. The molecule has 0 saturated heterocycles. The highest BCUT2D eigenvalue weighted by Gasteiger charge is 2.45. The topological polar surface area (TPSA) is 110 Å². The molecular formula is C29H28N6O3S. The smallest absolute Gasteiger partial charge is 0.253 e. The zero-order chi connectivity index (χ0) is 27.3. The zero-order valence-electron chi connectivity index (χ0n) is 22.1. The van der Waals surface area contributed by atoms with Crippen molar-refractivity contribution >= 4 is 28.3 Å². The number of hydrogen-bond donors (Lipinski definition) is 1. The Hall–Kier alpha value is -4.18. The van der Waals surface area contributed by atoms with Crippen molar-refractivity contribution < 1.29 is 14.3 Å². The maximum atomic E-state index is 13.5. The van der Waals surface area contributed by atoms with Gasteiger partial charge in [-0.2, -0.15) is 0 Å². The number of anilines is 1. The SMILES string of the molecule is Cc1ccc2c(n1)Oc1nc(-c3ccc(C(=O)N(C)C4CC4)cc3)ccc1[C@H]2C(C)(C)C(=O)Nc1nncs1. The van der Waals surface area contributed by atoms with E-state index in [1.807, 2.05) is 81.2 Å². The molecule has 1 atom stereocenters. The zero-order valence-corrected chi connectivity index (χ0v) is 23.0. The van der Waals surface area contributed by atoms with E-state index in [0.717, 1.165) is 35.2 Å². The highest BCUT2D eigenvalue weighted by molar-refractivity contribution is 7.13. The first-order chi connectivity index (χ1) is 18.7. The number of fused-ring (bicyclic) bond motifs is 2. The molecule has 198 valence electrons. The maximum Gasteiger partial charge on any atom is 0.253 e. The summed E-state index contributed by atoms with van der Waals surface area (Å²) in [5.41, 5.74) is 5.32. The van der Waals surface area contributed by atoms with E-state index in [2.05, 4.69) is 20.5 Å². The van der Waals surface area contributed by atoms with Gasteiger partial charge in [0.15, 0.2) is 0 Å². The van der Waals surface area contributed by atoms with Crippen molar-refractivity contribution in [2.24, 2.45) is 5.41 Å². The van der Waals surface area contributed by atoms with E-state index >= 15 is 0 Å². The Bertz CT molecular complexity index is 1560. The molecule has 39 heavy (non-hydrogen) atoms. The molecule has 1 aliphatic carbocycles. The molecule has 9 nitrogen and oxygen atoms in total. The number of benzene rings is 1. The van der Waals surface area contributed by atoms with Crippen LogP contribution >= 0.6 is 11.3 Å². The Morgan fingerprint density at radius 2 is 1.69 bits per heavy atom. The molecule has 0 unspecified atom stereocenters. The van der Waals surface area contributed by atoms with E-state index in [0.29, 0.717) is 34.2 Å². The third kappa shape index (κ3) is 4.65. The van der Waals surface area contributed by atoms with Crippen molar-refractivity contribution in [2.75, 3.05) is 12.4 Å². The summed E-state index contributed by atoms with van der Waals surface area (Å²) in [6.45, 7) is 5.69. The summed E-state index contributed by atoms with van der Waals surface area (Å²) < 4.78 is 6.22. The Labute approximate surface area is 230 Å². The Balaban J connectivity index is 1.35. The number of aryl methyl sites for hydroxylation is 1. The van der Waals surface area contributed by atoms with Crippen molar-refractivity contribution in [3.8, 4) is 23.0 Å². The third-order valence-corrected chi connectivity index (χ3v) is 8.07. The third-order valence-electron chi connectivity index (χ3n) is 7.46. The second-order valence-electron chi connectivity index (χ2n) is 10.6. The molecule has 4 heterocycles. The van der Waals surface area contributed by atoms with Crippen molar-refractivity contribution in [2.45, 2.75) is 45.6 Å². The van der Waals surface area contributed by atoms with Crippen LogP contribution in [0.3, 0.4) is 0 Å². The van der Waals surface area contributed by atoms with E-state index in [-0.39, 0.29) is 17.7 Å². The Morgan fingerprint density at radius 1 is 1.00 bits per heavy atom. The Kier molecular flexibility index (Phi) is 6.14. The number of pyridine rings is 2. The van der Waals surface area contributed by atoms with Gasteiger partial charge in [-0.15, -0.1) is 10.2 Å². The van der Waals surface area contributed by atoms with E-state index < -0.39 is 5.41 Å². The molecule has 10 heteroatoms. The standard InChI is InChI=1S/C29H28N6O3S/c1-16-5-12-20-23(29(2,3)27(37)33-28-34-30-15-39-28)21-13-14-22(32-25(21)38-24(20)31-16)17-6-8-18(9-7-17)26(36)35(4)19-10-11-19/h5-9,12-15,19,23H,10-11H2,1-4H3,(H,33,34,37)/t23-/m0/s1. The van der Waals surface area contributed by atoms with Crippen molar-refractivity contribution in [1.82, 2.24) is 25.1 Å². The van der Waals surface area contributed by atoms with Gasteiger partial charge in [-0.25, -0.2) is 9.97 Å². The van der Waals surface area contributed by atoms with Crippen LogP contribution in [0.4, 0.5) is 5.13 Å². The van der Waals surface area contributed by atoms with Crippen LogP contribution in [0.25, 0.3) is 11.3 Å². The maximum absolute atomic E-state index is 13.5. The summed E-state index contributed by atoms with van der Waals surface area (Å²) in [7, 11) is 1.86. The van der Waals surface area contributed by atoms with Crippen LogP contribution in [-0.4, -0.2) is 50.0 Å². The predicted octanol–water partition coefficient (Wildman–Crippen LogP) is 5.44. The van der Waals surface area contributed by atoms with E-state index in [1.54, 1.807) is 5.51 Å². The van der Waals surface area contributed by atoms with Gasteiger partial charge < -0.3 is 15.0 Å². The lowest BCUT2D eigenvalue weighted by molar-refractivity contribution is -0.124. The fraction of sp³-hybridized carbons (Fsp3) is 0.310. The minimum atomic E-state index is -0.894. The monoisotopic (exact) mass is 540 g/mol. The summed E-state index contributed by atoms with van der Waals surface area (Å²) in [6.07, 6.45) is 2.14. The van der Waals surface area contributed by atoms with Gasteiger partial charge in [0.25, 0.3) is 5.91 Å². The summed E-state index contributed by atoms with van der Waals surface area (Å²) in [5.74, 6) is 0.327. The molecule has 1 N–H and O–H groups in total. The number of carbonyl (C=O) groups is 2. The number of aromatic nitrogens is 4. The molecule has 6 rings (SSSR count). The number of hydrogen-bond acceptors (Lipinski definition) is 8. The lowest BCUT2D eigenvalue weighted by Gasteiger charge is -2.37. The molecule has 0 bridgehead atoms. The molecule has 0 radical (unpaired) electrons. The summed E-state index contributed by atoms with van der Waals surface area (Å²) in [5, 5.41) is 11.1. The van der Waals surface area contributed by atoms with Crippen molar-refractivity contribution in [3.05, 3.63) is 76.4 Å². The molecule has 4 aromatic rings. The summed E-state index contributed by atoms with van der Waals surface area (Å²) in [4.78, 5) is 37.5. The second-order valence-corrected chi connectivity index (χ2v) is 11.5. The van der Waals surface area contributed by atoms with Crippen LogP contribution in [0, 0.1) is 12.3 Å². The number of amides is 2. The van der Waals surface area contributed by atoms with Gasteiger partial charge in [0, 0.05) is 47.0 Å². The molecule has 0 spiro atoms. The van der Waals surface area contributed by atoms with Crippen LogP contribution in [0.5, 0.6) is 11.8 Å². The van der Waals surface area contributed by atoms with Gasteiger partial charge in [-0.1, -0.05) is 49.4 Å². The van der Waals surface area contributed by atoms with Gasteiger partial charge >= 0.3 is 0 Å². The van der Waals surface area contributed by atoms with Crippen LogP contribution in [0.1, 0.15) is 59.8 Å². The second kappa shape index (κ2) is 9.53. The van der Waals surface area contributed by atoms with Crippen molar-refractivity contribution in [3.63, 3.8) is 0 Å². The molecule has 1 saturated carbocycles. The summed E-state index contributed by atoms with van der Waals surface area (Å²) >= 11 is 1.27. The molecular weight excluding hydrogens is 512 g/mol. The fourth-order valence-corrected chi connectivity index (χ4v) is 5.47. The van der Waals surface area contributed by atoms with Gasteiger partial charge in [0.1, 0.15) is 5.51 Å². The average molecular weight is 541 g/mol.